The van der Waals surface area contributed by atoms with Gasteiger partial charge in [-0.05, 0) is 17.9 Å². The van der Waals surface area contributed by atoms with Crippen molar-refractivity contribution in [1.29, 1.82) is 0 Å². The number of ether oxygens (including phenoxy) is 1. The lowest BCUT2D eigenvalue weighted by atomic mass is 9.97. The molecule has 0 aliphatic heterocycles. The van der Waals surface area contributed by atoms with E-state index in [4.69, 9.17) is 4.74 Å². The van der Waals surface area contributed by atoms with Gasteiger partial charge in [0.25, 0.3) is 0 Å². The number of hydrogen-bond acceptors (Lipinski definition) is 2. The molecule has 0 N–H and O–H groups in total. The van der Waals surface area contributed by atoms with E-state index in [9.17, 15) is 4.79 Å². The van der Waals surface area contributed by atoms with E-state index in [0.29, 0.717) is 0 Å². The molecule has 0 fully saturated rings. The van der Waals surface area contributed by atoms with Gasteiger partial charge < -0.3 is 4.74 Å². The summed E-state index contributed by atoms with van der Waals surface area (Å²) in [5, 5.41) is 0. The molecule has 20 heavy (non-hydrogen) atoms. The number of rotatable bonds is 3. The fraction of sp³-hybridized carbons (Fsp3) is 0.278. The number of esters is 1. The second kappa shape index (κ2) is 6.90. The largest absolute Gasteiger partial charge is 0.466 e. The lowest BCUT2D eigenvalue weighted by molar-refractivity contribution is -0.136. The lowest BCUT2D eigenvalue weighted by Crippen LogP contribution is -2.11. The maximum atomic E-state index is 11.8. The van der Waals surface area contributed by atoms with Crippen LogP contribution in [-0.2, 0) is 9.53 Å². The Morgan fingerprint density at radius 1 is 1.30 bits per heavy atom. The first-order valence-corrected chi connectivity index (χ1v) is 6.90. The van der Waals surface area contributed by atoms with Crippen molar-refractivity contribution in [3.8, 4) is 0 Å². The van der Waals surface area contributed by atoms with Crippen LogP contribution in [0.15, 0.2) is 60.2 Å². The Hall–Kier alpha value is -2.09. The molecule has 0 bridgehead atoms. The highest BCUT2D eigenvalue weighted by molar-refractivity contribution is 5.89. The third kappa shape index (κ3) is 3.70. The normalized spacial score (nSPS) is 22.4. The Bertz CT molecular complexity index is 538. The van der Waals surface area contributed by atoms with Crippen molar-refractivity contribution in [3.05, 3.63) is 65.8 Å². The highest BCUT2D eigenvalue weighted by atomic mass is 16.5. The van der Waals surface area contributed by atoms with Crippen LogP contribution < -0.4 is 0 Å². The van der Waals surface area contributed by atoms with Gasteiger partial charge in [0.2, 0.25) is 0 Å². The Morgan fingerprint density at radius 3 is 2.75 bits per heavy atom. The maximum Gasteiger partial charge on any atom is 0.334 e. The highest BCUT2D eigenvalue weighted by Crippen LogP contribution is 2.24. The zero-order chi connectivity index (χ0) is 14.4. The molecule has 104 valence electrons. The van der Waals surface area contributed by atoms with Gasteiger partial charge in [-0.15, -0.1) is 0 Å². The smallest absolute Gasteiger partial charge is 0.334 e. The Labute approximate surface area is 120 Å². The van der Waals surface area contributed by atoms with Crippen LogP contribution in [0.2, 0.25) is 0 Å². The summed E-state index contributed by atoms with van der Waals surface area (Å²) in [4.78, 5) is 11.8. The highest BCUT2D eigenvalue weighted by Gasteiger charge is 2.19. The predicted molar refractivity (Wildman–Crippen MR) is 82.0 cm³/mol. The topological polar surface area (TPSA) is 26.3 Å². The number of methoxy groups -OCH3 is 1. The van der Waals surface area contributed by atoms with Gasteiger partial charge in [-0.1, -0.05) is 67.6 Å². The molecule has 1 aliphatic carbocycles. The van der Waals surface area contributed by atoms with Crippen molar-refractivity contribution in [1.82, 2.24) is 0 Å². The summed E-state index contributed by atoms with van der Waals surface area (Å²) in [6, 6.07) is 10.2. The summed E-state index contributed by atoms with van der Waals surface area (Å²) in [6.07, 6.45) is 11.4. The third-order valence-corrected chi connectivity index (χ3v) is 3.47. The molecule has 0 spiro atoms. The lowest BCUT2D eigenvalue weighted by Gasteiger charge is -2.10. The van der Waals surface area contributed by atoms with Crippen LogP contribution in [0.1, 0.15) is 18.9 Å². The van der Waals surface area contributed by atoms with Crippen LogP contribution in [0.3, 0.4) is 0 Å². The van der Waals surface area contributed by atoms with E-state index in [2.05, 4.69) is 36.4 Å². The molecular weight excluding hydrogens is 248 g/mol. The molecule has 1 aromatic carbocycles. The van der Waals surface area contributed by atoms with Crippen LogP contribution in [0.4, 0.5) is 0 Å². The maximum absolute atomic E-state index is 11.8. The first-order valence-electron chi connectivity index (χ1n) is 6.90. The van der Waals surface area contributed by atoms with Crippen LogP contribution in [0.25, 0.3) is 6.08 Å². The second-order valence-electron chi connectivity index (χ2n) is 5.00. The van der Waals surface area contributed by atoms with E-state index < -0.39 is 0 Å². The number of carbonyl (C=O) groups excluding carboxylic acids is 1. The summed E-state index contributed by atoms with van der Waals surface area (Å²) < 4.78 is 4.86. The van der Waals surface area contributed by atoms with Crippen molar-refractivity contribution < 1.29 is 9.53 Å². The average molecular weight is 268 g/mol. The van der Waals surface area contributed by atoms with Gasteiger partial charge in [-0.25, -0.2) is 4.79 Å². The van der Waals surface area contributed by atoms with Gasteiger partial charge >= 0.3 is 5.97 Å². The first kappa shape index (κ1) is 14.3. The molecule has 0 saturated carbocycles. The van der Waals surface area contributed by atoms with Gasteiger partial charge in [-0.2, -0.15) is 0 Å². The Balaban J connectivity index is 2.19. The summed E-state index contributed by atoms with van der Waals surface area (Å²) in [5.74, 6) is 0.102. The minimum atomic E-state index is -0.234. The van der Waals surface area contributed by atoms with E-state index in [1.165, 1.54) is 12.7 Å². The predicted octanol–water partition coefficient (Wildman–Crippen LogP) is 4.01. The molecule has 0 saturated heterocycles. The van der Waals surface area contributed by atoms with Crippen molar-refractivity contribution in [2.75, 3.05) is 7.11 Å². The minimum Gasteiger partial charge on any atom is -0.466 e. The molecule has 1 aromatic rings. The van der Waals surface area contributed by atoms with E-state index in [1.54, 1.807) is 0 Å². The molecular formula is C18H20O2. The third-order valence-electron chi connectivity index (χ3n) is 3.47. The molecule has 0 amide bonds. The quantitative estimate of drug-likeness (QED) is 0.611. The van der Waals surface area contributed by atoms with Crippen molar-refractivity contribution in [2.45, 2.75) is 13.3 Å². The molecule has 2 heteroatoms. The first-order chi connectivity index (χ1) is 9.70. The van der Waals surface area contributed by atoms with E-state index in [0.717, 1.165) is 12.0 Å². The number of allylic oxidation sites excluding steroid dienone is 4. The van der Waals surface area contributed by atoms with Crippen LogP contribution in [-0.4, -0.2) is 13.1 Å². The Kier molecular flexibility index (Phi) is 4.94. The van der Waals surface area contributed by atoms with Gasteiger partial charge in [0.1, 0.15) is 0 Å². The summed E-state index contributed by atoms with van der Waals surface area (Å²) in [6.45, 7) is 2.02. The van der Waals surface area contributed by atoms with E-state index >= 15 is 0 Å². The van der Waals surface area contributed by atoms with Gasteiger partial charge in [0, 0.05) is 11.5 Å². The standard InChI is InChI=1S/C18H20O2/c1-14-7-6-10-16(13-17(14)18(19)20-2)12-11-15-8-4-3-5-9-15/h3-9,11-14,16H,10H2,1-2H3/b12-11+/t14-,16-/m0/s1. The summed E-state index contributed by atoms with van der Waals surface area (Å²) >= 11 is 0. The number of carbonyl (C=O) groups is 1. The molecule has 2 nitrogen and oxygen atoms in total. The van der Waals surface area contributed by atoms with E-state index in [-0.39, 0.29) is 17.8 Å². The molecule has 0 aromatic heterocycles. The van der Waals surface area contributed by atoms with Crippen molar-refractivity contribution >= 4 is 12.0 Å². The fourth-order valence-corrected chi connectivity index (χ4v) is 2.30. The SMILES string of the molecule is COC(=O)C1=C[C@H](/C=C/c2ccccc2)CC=C[C@@H]1C. The molecule has 1 aliphatic rings. The van der Waals surface area contributed by atoms with Crippen molar-refractivity contribution in [2.24, 2.45) is 11.8 Å². The average Bonchev–Trinajstić information content (AvgIpc) is 2.67. The minimum absolute atomic E-state index is 0.109. The van der Waals surface area contributed by atoms with E-state index in [1.807, 2.05) is 31.2 Å². The molecule has 0 heterocycles. The molecule has 0 unspecified atom stereocenters. The Morgan fingerprint density at radius 2 is 2.05 bits per heavy atom. The number of hydrogen-bond donors (Lipinski definition) is 0. The fourth-order valence-electron chi connectivity index (χ4n) is 2.30. The van der Waals surface area contributed by atoms with Crippen LogP contribution >= 0.6 is 0 Å². The molecule has 0 radical (unpaired) electrons. The number of benzene rings is 1. The van der Waals surface area contributed by atoms with Gasteiger partial charge in [0.15, 0.2) is 0 Å². The summed E-state index contributed by atoms with van der Waals surface area (Å²) in [7, 11) is 1.43. The summed E-state index contributed by atoms with van der Waals surface area (Å²) in [5.41, 5.74) is 1.91. The van der Waals surface area contributed by atoms with Crippen LogP contribution in [0, 0.1) is 11.8 Å². The zero-order valence-electron chi connectivity index (χ0n) is 12.0. The van der Waals surface area contributed by atoms with Crippen molar-refractivity contribution in [3.63, 3.8) is 0 Å². The van der Waals surface area contributed by atoms with Gasteiger partial charge in [0.05, 0.1) is 7.11 Å². The second-order valence-corrected chi connectivity index (χ2v) is 5.00. The van der Waals surface area contributed by atoms with Gasteiger partial charge in [-0.3, -0.25) is 0 Å². The zero-order valence-corrected chi connectivity index (χ0v) is 12.0. The monoisotopic (exact) mass is 268 g/mol. The van der Waals surface area contributed by atoms with Crippen LogP contribution in [0.5, 0.6) is 0 Å². The molecule has 2 rings (SSSR count). The molecule has 2 atom stereocenters.